The van der Waals surface area contributed by atoms with Crippen LogP contribution in [0.4, 0.5) is 17.6 Å². The lowest BCUT2D eigenvalue weighted by molar-refractivity contribution is -0.140. The summed E-state index contributed by atoms with van der Waals surface area (Å²) in [7, 11) is 1.98. The third-order valence-corrected chi connectivity index (χ3v) is 3.48. The lowest BCUT2D eigenvalue weighted by Gasteiger charge is -2.19. The Bertz CT molecular complexity index is 427. The summed E-state index contributed by atoms with van der Waals surface area (Å²) in [6.45, 7) is 0.994. The minimum Gasteiger partial charge on any atom is -0.303 e. The van der Waals surface area contributed by atoms with E-state index < -0.39 is 17.6 Å². The van der Waals surface area contributed by atoms with E-state index in [4.69, 9.17) is 0 Å². The molecule has 1 fully saturated rings. The Labute approximate surface area is 103 Å². The second-order valence-corrected chi connectivity index (χ2v) is 4.79. The van der Waals surface area contributed by atoms with Crippen molar-refractivity contribution in [1.29, 1.82) is 0 Å². The number of alkyl halides is 3. The molecule has 1 aromatic carbocycles. The van der Waals surface area contributed by atoms with Crippen molar-refractivity contribution in [2.45, 2.75) is 31.5 Å². The molecule has 0 aromatic heterocycles. The highest BCUT2D eigenvalue weighted by atomic mass is 19.4. The van der Waals surface area contributed by atoms with Crippen molar-refractivity contribution >= 4 is 0 Å². The first-order chi connectivity index (χ1) is 8.38. The Morgan fingerprint density at radius 3 is 2.56 bits per heavy atom. The van der Waals surface area contributed by atoms with Crippen LogP contribution in [-0.4, -0.2) is 24.5 Å². The van der Waals surface area contributed by atoms with E-state index in [0.717, 1.165) is 31.5 Å². The summed E-state index contributed by atoms with van der Waals surface area (Å²) in [5.74, 6) is -1.18. The Morgan fingerprint density at radius 2 is 2.06 bits per heavy atom. The van der Waals surface area contributed by atoms with Gasteiger partial charge in [0.25, 0.3) is 0 Å². The van der Waals surface area contributed by atoms with Gasteiger partial charge in [-0.25, -0.2) is 4.39 Å². The number of hydrogen-bond acceptors (Lipinski definition) is 1. The van der Waals surface area contributed by atoms with E-state index in [9.17, 15) is 17.6 Å². The van der Waals surface area contributed by atoms with E-state index >= 15 is 0 Å². The molecule has 5 heteroatoms. The highest BCUT2D eigenvalue weighted by molar-refractivity contribution is 5.27. The molecule has 1 aliphatic heterocycles. The second-order valence-electron chi connectivity index (χ2n) is 4.79. The van der Waals surface area contributed by atoms with Gasteiger partial charge in [0, 0.05) is 6.04 Å². The van der Waals surface area contributed by atoms with Gasteiger partial charge >= 0.3 is 6.18 Å². The lowest BCUT2D eigenvalue weighted by Crippen LogP contribution is -2.26. The van der Waals surface area contributed by atoms with Gasteiger partial charge in [0.2, 0.25) is 0 Å². The number of nitrogens with zero attached hydrogens (tertiary/aromatic N) is 1. The van der Waals surface area contributed by atoms with Crippen molar-refractivity contribution in [2.75, 3.05) is 13.6 Å². The molecule has 0 radical (unpaired) electrons. The average molecular weight is 261 g/mol. The summed E-state index contributed by atoms with van der Waals surface area (Å²) in [5.41, 5.74) is -0.565. The molecule has 1 aliphatic rings. The Balaban J connectivity index is 2.14. The summed E-state index contributed by atoms with van der Waals surface area (Å²) < 4.78 is 50.6. The highest BCUT2D eigenvalue weighted by Gasteiger charge is 2.34. The van der Waals surface area contributed by atoms with Gasteiger partial charge in [0.05, 0.1) is 5.56 Å². The standard InChI is InChI=1S/C13H15F4N/c1-18-6-2-3-10(18)7-9-4-5-11(12(14)8-9)13(15,16)17/h4-5,8,10H,2-3,6-7H2,1H3/t10-/m1/s1. The molecular formula is C13H15F4N. The molecule has 0 spiro atoms. The molecule has 0 N–H and O–H groups in total. The van der Waals surface area contributed by atoms with Gasteiger partial charge in [-0.2, -0.15) is 13.2 Å². The van der Waals surface area contributed by atoms with Crippen LogP contribution in [0.2, 0.25) is 0 Å². The van der Waals surface area contributed by atoms with Gasteiger partial charge in [-0.1, -0.05) is 6.07 Å². The third-order valence-electron chi connectivity index (χ3n) is 3.48. The van der Waals surface area contributed by atoms with Crippen LogP contribution in [0, 0.1) is 5.82 Å². The molecule has 0 saturated carbocycles. The first kappa shape index (κ1) is 13.3. The summed E-state index contributed by atoms with van der Waals surface area (Å²) >= 11 is 0. The summed E-state index contributed by atoms with van der Waals surface area (Å²) in [6, 6.07) is 3.52. The molecule has 18 heavy (non-hydrogen) atoms. The van der Waals surface area contributed by atoms with E-state index in [0.29, 0.717) is 18.0 Å². The Kier molecular flexibility index (Phi) is 3.61. The molecule has 0 aliphatic carbocycles. The van der Waals surface area contributed by atoms with E-state index in [-0.39, 0.29) is 0 Å². The number of rotatable bonds is 2. The van der Waals surface area contributed by atoms with Gasteiger partial charge in [-0.15, -0.1) is 0 Å². The van der Waals surface area contributed by atoms with Gasteiger partial charge in [-0.05, 0) is 50.6 Å². The molecule has 1 atom stereocenters. The predicted molar refractivity (Wildman–Crippen MR) is 60.8 cm³/mol. The Morgan fingerprint density at radius 1 is 1.33 bits per heavy atom. The van der Waals surface area contributed by atoms with Crippen LogP contribution in [0.15, 0.2) is 18.2 Å². The first-order valence-corrected chi connectivity index (χ1v) is 5.94. The average Bonchev–Trinajstić information content (AvgIpc) is 2.62. The van der Waals surface area contributed by atoms with Crippen molar-refractivity contribution in [1.82, 2.24) is 4.90 Å². The quantitative estimate of drug-likeness (QED) is 0.737. The van der Waals surface area contributed by atoms with E-state index in [1.807, 2.05) is 7.05 Å². The SMILES string of the molecule is CN1CCC[C@@H]1Cc1ccc(C(F)(F)F)c(F)c1. The minimum atomic E-state index is -4.62. The van der Waals surface area contributed by atoms with Gasteiger partial charge in [0.15, 0.2) is 0 Å². The van der Waals surface area contributed by atoms with Crippen LogP contribution in [0.3, 0.4) is 0 Å². The van der Waals surface area contributed by atoms with E-state index in [1.165, 1.54) is 6.07 Å². The normalized spacial score (nSPS) is 21.5. The lowest BCUT2D eigenvalue weighted by atomic mass is 10.0. The van der Waals surface area contributed by atoms with E-state index in [2.05, 4.69) is 4.90 Å². The van der Waals surface area contributed by atoms with Crippen molar-refractivity contribution in [3.05, 3.63) is 35.1 Å². The molecule has 1 aromatic rings. The third kappa shape index (κ3) is 2.83. The van der Waals surface area contributed by atoms with Crippen LogP contribution in [0.1, 0.15) is 24.0 Å². The summed E-state index contributed by atoms with van der Waals surface area (Å²) in [5, 5.41) is 0. The number of likely N-dealkylation sites (N-methyl/N-ethyl adjacent to an activating group) is 1. The maximum Gasteiger partial charge on any atom is 0.419 e. The first-order valence-electron chi connectivity index (χ1n) is 5.94. The zero-order chi connectivity index (χ0) is 13.3. The maximum absolute atomic E-state index is 13.4. The van der Waals surface area contributed by atoms with Crippen molar-refractivity contribution in [2.24, 2.45) is 0 Å². The van der Waals surface area contributed by atoms with Crippen molar-refractivity contribution < 1.29 is 17.6 Å². The maximum atomic E-state index is 13.4. The van der Waals surface area contributed by atoms with Gasteiger partial charge < -0.3 is 4.90 Å². The van der Waals surface area contributed by atoms with Crippen LogP contribution in [0.25, 0.3) is 0 Å². The number of benzene rings is 1. The molecule has 0 unspecified atom stereocenters. The highest BCUT2D eigenvalue weighted by Crippen LogP contribution is 2.32. The molecule has 2 rings (SSSR count). The molecular weight excluding hydrogens is 246 g/mol. The van der Waals surface area contributed by atoms with Crippen LogP contribution >= 0.6 is 0 Å². The Hall–Kier alpha value is -1.10. The fraction of sp³-hybridized carbons (Fsp3) is 0.538. The minimum absolute atomic E-state index is 0.307. The van der Waals surface area contributed by atoms with Crippen LogP contribution in [0.5, 0.6) is 0 Å². The smallest absolute Gasteiger partial charge is 0.303 e. The number of hydrogen-bond donors (Lipinski definition) is 0. The molecule has 0 bridgehead atoms. The zero-order valence-corrected chi connectivity index (χ0v) is 10.1. The van der Waals surface area contributed by atoms with Crippen LogP contribution < -0.4 is 0 Å². The fourth-order valence-corrected chi connectivity index (χ4v) is 2.42. The topological polar surface area (TPSA) is 3.24 Å². The molecule has 1 heterocycles. The van der Waals surface area contributed by atoms with E-state index in [1.54, 1.807) is 0 Å². The van der Waals surface area contributed by atoms with Crippen molar-refractivity contribution in [3.8, 4) is 0 Å². The van der Waals surface area contributed by atoms with Gasteiger partial charge in [0.1, 0.15) is 5.82 Å². The molecule has 100 valence electrons. The van der Waals surface area contributed by atoms with Crippen molar-refractivity contribution in [3.63, 3.8) is 0 Å². The zero-order valence-electron chi connectivity index (χ0n) is 10.1. The van der Waals surface area contributed by atoms with Crippen LogP contribution in [-0.2, 0) is 12.6 Å². The number of halogens is 4. The summed E-state index contributed by atoms with van der Waals surface area (Å²) in [6.07, 6.45) is -1.91. The second kappa shape index (κ2) is 4.88. The fourth-order valence-electron chi connectivity index (χ4n) is 2.42. The monoisotopic (exact) mass is 261 g/mol. The number of likely N-dealkylation sites (tertiary alicyclic amines) is 1. The largest absolute Gasteiger partial charge is 0.419 e. The summed E-state index contributed by atoms with van der Waals surface area (Å²) in [4.78, 5) is 2.16. The molecule has 1 saturated heterocycles. The predicted octanol–water partition coefficient (Wildman–Crippen LogP) is 3.48. The van der Waals surface area contributed by atoms with Gasteiger partial charge in [-0.3, -0.25) is 0 Å². The molecule has 0 amide bonds. The molecule has 1 nitrogen and oxygen atoms in total.